The number of unbranched alkanes of at least 4 members (excludes halogenated alkanes) is 1. The molecule has 38 heavy (non-hydrogen) atoms. The summed E-state index contributed by atoms with van der Waals surface area (Å²) in [7, 11) is 0. The minimum absolute atomic E-state index is 0.167. The van der Waals surface area contributed by atoms with Crippen molar-refractivity contribution in [1.29, 1.82) is 0 Å². The Hall–Kier alpha value is -4.07. The predicted octanol–water partition coefficient (Wildman–Crippen LogP) is 3.32. The van der Waals surface area contributed by atoms with Crippen LogP contribution >= 0.6 is 11.8 Å². The Balaban J connectivity index is 1.38. The van der Waals surface area contributed by atoms with Crippen LogP contribution in [0.5, 0.6) is 5.75 Å². The van der Waals surface area contributed by atoms with Gasteiger partial charge in [-0.3, -0.25) is 24.6 Å². The van der Waals surface area contributed by atoms with Gasteiger partial charge in [0.25, 0.3) is 11.8 Å². The highest BCUT2D eigenvalue weighted by Gasteiger charge is 2.19. The van der Waals surface area contributed by atoms with Gasteiger partial charge in [0.05, 0.1) is 11.8 Å². The number of thioether (sulfide) groups is 1. The lowest BCUT2D eigenvalue weighted by molar-refractivity contribution is -0.128. The molecule has 4 N–H and O–H groups in total. The van der Waals surface area contributed by atoms with E-state index < -0.39 is 17.1 Å². The van der Waals surface area contributed by atoms with Crippen molar-refractivity contribution >= 4 is 40.3 Å². The zero-order valence-electron chi connectivity index (χ0n) is 21.0. The Labute approximate surface area is 225 Å². The van der Waals surface area contributed by atoms with Gasteiger partial charge in [-0.15, -0.1) is 17.7 Å². The molecule has 0 radical (unpaired) electrons. The van der Waals surface area contributed by atoms with Gasteiger partial charge < -0.3 is 15.4 Å². The van der Waals surface area contributed by atoms with E-state index in [4.69, 9.17) is 9.94 Å². The van der Waals surface area contributed by atoms with Crippen LogP contribution in [-0.2, 0) is 9.59 Å². The normalized spacial score (nSPS) is 11.1. The summed E-state index contributed by atoms with van der Waals surface area (Å²) >= 11 is 1.34. The van der Waals surface area contributed by atoms with E-state index in [9.17, 15) is 14.4 Å². The van der Waals surface area contributed by atoms with Crippen molar-refractivity contribution in [2.24, 2.45) is 0 Å². The fraction of sp³-hybridized carbons (Fsp3) is 0.286. The quantitative estimate of drug-likeness (QED) is 0.0870. The second-order valence-corrected chi connectivity index (χ2v) is 9.45. The highest BCUT2D eigenvalue weighted by molar-refractivity contribution is 8.00. The molecule has 3 amide bonds. The van der Waals surface area contributed by atoms with Gasteiger partial charge in [0.1, 0.15) is 18.1 Å². The molecular weight excluding hydrogens is 504 g/mol. The Morgan fingerprint density at radius 3 is 2.61 bits per heavy atom. The Kier molecular flexibility index (Phi) is 11.4. The molecular formula is C28H30N4O5S. The number of hydrogen-bond acceptors (Lipinski definition) is 7. The minimum Gasteiger partial charge on any atom is -0.481 e. The van der Waals surface area contributed by atoms with Crippen molar-refractivity contribution in [3.05, 3.63) is 66.5 Å². The first-order chi connectivity index (χ1) is 18.5. The van der Waals surface area contributed by atoms with Crippen LogP contribution in [0.25, 0.3) is 10.8 Å². The highest BCUT2D eigenvalue weighted by atomic mass is 32.2. The van der Waals surface area contributed by atoms with Crippen LogP contribution in [0, 0.1) is 11.8 Å². The number of carbonyl (C=O) groups excluding carboxylic acids is 3. The first-order valence-electron chi connectivity index (χ1n) is 12.1. The number of pyridine rings is 1. The Bertz CT molecular complexity index is 1300. The molecule has 0 aliphatic heterocycles. The Morgan fingerprint density at radius 1 is 1.05 bits per heavy atom. The Morgan fingerprint density at radius 2 is 1.84 bits per heavy atom. The number of nitrogens with zero attached hydrogens (tertiary/aromatic N) is 1. The van der Waals surface area contributed by atoms with E-state index in [-0.39, 0.29) is 18.1 Å². The van der Waals surface area contributed by atoms with Gasteiger partial charge in [0.15, 0.2) is 0 Å². The van der Waals surface area contributed by atoms with E-state index in [0.717, 1.165) is 15.7 Å². The largest absolute Gasteiger partial charge is 0.481 e. The molecule has 1 aromatic heterocycles. The summed E-state index contributed by atoms with van der Waals surface area (Å²) in [6.07, 6.45) is 3.34. The number of benzene rings is 2. The summed E-state index contributed by atoms with van der Waals surface area (Å²) < 4.78 is 5.49. The lowest BCUT2D eigenvalue weighted by Crippen LogP contribution is -2.37. The van der Waals surface area contributed by atoms with Crippen molar-refractivity contribution in [1.82, 2.24) is 21.1 Å². The van der Waals surface area contributed by atoms with E-state index >= 15 is 0 Å². The van der Waals surface area contributed by atoms with Crippen molar-refractivity contribution in [3.63, 3.8) is 0 Å². The van der Waals surface area contributed by atoms with E-state index in [1.807, 2.05) is 42.5 Å². The number of amides is 3. The predicted molar refractivity (Wildman–Crippen MR) is 146 cm³/mol. The summed E-state index contributed by atoms with van der Waals surface area (Å²) in [6.45, 7) is 2.28. The number of hydroxylamine groups is 1. The SMILES string of the molecule is CC#CCOc1ccc(SC(CCCCNC(=O)CNC(=O)c2nccc3ccccc23)C(=O)NO)cc1. The number of ether oxygens (including phenoxy) is 1. The van der Waals surface area contributed by atoms with Crippen molar-refractivity contribution < 1.29 is 24.3 Å². The number of aromatic nitrogens is 1. The molecule has 0 bridgehead atoms. The number of carbonyl (C=O) groups is 3. The van der Waals surface area contributed by atoms with E-state index in [1.165, 1.54) is 11.8 Å². The van der Waals surface area contributed by atoms with Crippen LogP contribution < -0.4 is 20.9 Å². The second kappa shape index (κ2) is 15.2. The molecule has 198 valence electrons. The van der Waals surface area contributed by atoms with E-state index in [0.29, 0.717) is 38.2 Å². The van der Waals surface area contributed by atoms with Crippen molar-refractivity contribution in [2.45, 2.75) is 36.3 Å². The van der Waals surface area contributed by atoms with Crippen molar-refractivity contribution in [2.75, 3.05) is 19.7 Å². The maximum atomic E-state index is 12.5. The number of nitrogens with one attached hydrogen (secondary N) is 3. The molecule has 3 rings (SSSR count). The third-order valence-corrected chi connectivity index (χ3v) is 6.78. The highest BCUT2D eigenvalue weighted by Crippen LogP contribution is 2.28. The maximum Gasteiger partial charge on any atom is 0.270 e. The van der Waals surface area contributed by atoms with Gasteiger partial charge >= 0.3 is 0 Å². The maximum absolute atomic E-state index is 12.5. The topological polar surface area (TPSA) is 130 Å². The molecule has 1 atom stereocenters. The summed E-state index contributed by atoms with van der Waals surface area (Å²) in [5.41, 5.74) is 2.00. The molecule has 0 fully saturated rings. The molecule has 0 spiro atoms. The fourth-order valence-corrected chi connectivity index (χ4v) is 4.64. The lowest BCUT2D eigenvalue weighted by Gasteiger charge is -2.15. The zero-order valence-corrected chi connectivity index (χ0v) is 21.8. The van der Waals surface area contributed by atoms with Crippen molar-refractivity contribution in [3.8, 4) is 17.6 Å². The summed E-state index contributed by atoms with van der Waals surface area (Å²) in [5, 5.41) is 15.6. The third-order valence-electron chi connectivity index (χ3n) is 5.51. The van der Waals surface area contributed by atoms with Gasteiger partial charge in [-0.1, -0.05) is 36.6 Å². The second-order valence-electron chi connectivity index (χ2n) is 8.18. The van der Waals surface area contributed by atoms with Crippen LogP contribution in [0.3, 0.4) is 0 Å². The molecule has 9 nitrogen and oxygen atoms in total. The van der Waals surface area contributed by atoms with Crippen LogP contribution in [0.15, 0.2) is 65.7 Å². The molecule has 3 aromatic rings. The zero-order chi connectivity index (χ0) is 27.2. The van der Waals surface area contributed by atoms with Gasteiger partial charge in [-0.05, 0) is 55.5 Å². The van der Waals surface area contributed by atoms with Crippen LogP contribution in [0.1, 0.15) is 36.7 Å². The van der Waals surface area contributed by atoms with Gasteiger partial charge in [-0.25, -0.2) is 5.48 Å². The number of hydrogen-bond donors (Lipinski definition) is 4. The average Bonchev–Trinajstić information content (AvgIpc) is 2.95. The summed E-state index contributed by atoms with van der Waals surface area (Å²) in [6, 6.07) is 16.5. The molecule has 10 heteroatoms. The van der Waals surface area contributed by atoms with Gasteiger partial charge in [-0.2, -0.15) is 0 Å². The smallest absolute Gasteiger partial charge is 0.270 e. The molecule has 1 heterocycles. The van der Waals surface area contributed by atoms with Crippen LogP contribution in [0.2, 0.25) is 0 Å². The van der Waals surface area contributed by atoms with Gasteiger partial charge in [0.2, 0.25) is 5.91 Å². The number of fused-ring (bicyclic) bond motifs is 1. The third kappa shape index (κ3) is 8.80. The molecule has 0 saturated carbocycles. The fourth-order valence-electron chi connectivity index (χ4n) is 3.58. The summed E-state index contributed by atoms with van der Waals surface area (Å²) in [5.74, 6) is 5.05. The van der Waals surface area contributed by atoms with Crippen LogP contribution in [-0.4, -0.2) is 52.9 Å². The molecule has 0 aliphatic carbocycles. The van der Waals surface area contributed by atoms with E-state index in [2.05, 4.69) is 27.5 Å². The molecule has 2 aromatic carbocycles. The van der Waals surface area contributed by atoms with E-state index in [1.54, 1.807) is 30.7 Å². The first-order valence-corrected chi connectivity index (χ1v) is 13.0. The monoisotopic (exact) mass is 534 g/mol. The average molecular weight is 535 g/mol. The lowest BCUT2D eigenvalue weighted by atomic mass is 10.1. The first kappa shape index (κ1) is 28.5. The standard InChI is InChI=1S/C28H30N4O5S/c1-2-3-18-37-21-11-13-22(14-12-21)38-24(27(34)32-36)10-6-7-16-29-25(33)19-31-28(35)26-23-9-5-4-8-20(23)15-17-30-26/h4-5,8-9,11-15,17,24,36H,6-7,10,16,18-19H2,1H3,(H,29,33)(H,31,35)(H,32,34). The summed E-state index contributed by atoms with van der Waals surface area (Å²) in [4.78, 5) is 41.8. The molecule has 1 unspecified atom stereocenters. The molecule has 0 saturated heterocycles. The van der Waals surface area contributed by atoms with Crippen LogP contribution in [0.4, 0.5) is 0 Å². The molecule has 0 aliphatic rings. The van der Waals surface area contributed by atoms with Gasteiger partial charge in [0, 0.05) is 23.0 Å². The minimum atomic E-state index is -0.499. The number of rotatable bonds is 13.